The van der Waals surface area contributed by atoms with Crippen LogP contribution in [0.4, 0.5) is 4.79 Å². The van der Waals surface area contributed by atoms with Crippen molar-refractivity contribution in [3.63, 3.8) is 0 Å². The van der Waals surface area contributed by atoms with Crippen molar-refractivity contribution in [2.45, 2.75) is 31.5 Å². The van der Waals surface area contributed by atoms with Crippen LogP contribution in [0.5, 0.6) is 0 Å². The Morgan fingerprint density at radius 2 is 1.39 bits per heavy atom. The van der Waals surface area contributed by atoms with Crippen LogP contribution in [0.25, 0.3) is 11.1 Å². The normalized spacial score (nSPS) is 25.3. The summed E-state index contributed by atoms with van der Waals surface area (Å²) in [5, 5.41) is 0. The van der Waals surface area contributed by atoms with Crippen LogP contribution in [-0.2, 0) is 15.9 Å². The van der Waals surface area contributed by atoms with Gasteiger partial charge in [0.05, 0.1) is 19.6 Å². The van der Waals surface area contributed by atoms with E-state index >= 15 is 0 Å². The van der Waals surface area contributed by atoms with Crippen molar-refractivity contribution < 1.29 is 18.8 Å². The van der Waals surface area contributed by atoms with Gasteiger partial charge in [0, 0.05) is 36.3 Å². The van der Waals surface area contributed by atoms with Gasteiger partial charge in [-0.05, 0) is 16.7 Å². The fourth-order valence-corrected chi connectivity index (χ4v) is 6.16. The van der Waals surface area contributed by atoms with E-state index in [1.54, 1.807) is 0 Å². The molecule has 0 N–H and O–H groups in total. The summed E-state index contributed by atoms with van der Waals surface area (Å²) in [6.45, 7) is 4.39. The maximum atomic E-state index is 13.0. The lowest BCUT2D eigenvalue weighted by Crippen LogP contribution is -2.65. The summed E-state index contributed by atoms with van der Waals surface area (Å²) in [4.78, 5) is 13.0. The summed E-state index contributed by atoms with van der Waals surface area (Å²) in [6, 6.07) is 27.0. The second-order valence-corrected chi connectivity index (χ2v) is 9.85. The summed E-state index contributed by atoms with van der Waals surface area (Å²) in [7, 11) is 0. The molecule has 3 heterocycles. The van der Waals surface area contributed by atoms with Gasteiger partial charge >= 0.3 is 6.16 Å². The van der Waals surface area contributed by atoms with Crippen LogP contribution in [0.15, 0.2) is 78.9 Å². The van der Waals surface area contributed by atoms with E-state index in [4.69, 9.17) is 9.47 Å². The minimum absolute atomic E-state index is 0.0531. The molecule has 0 saturated carbocycles. The summed E-state index contributed by atoms with van der Waals surface area (Å²) in [5.41, 5.74) is 5.73. The zero-order chi connectivity index (χ0) is 22.3. The predicted molar refractivity (Wildman–Crippen MR) is 128 cm³/mol. The highest BCUT2D eigenvalue weighted by atomic mass is 16.7. The number of quaternary nitrogens is 1. The zero-order valence-corrected chi connectivity index (χ0v) is 18.9. The fraction of sp³-hybridized carbons (Fsp3) is 0.345. The largest absolute Gasteiger partial charge is 0.509 e. The van der Waals surface area contributed by atoms with Gasteiger partial charge in [0.1, 0.15) is 6.54 Å². The Labute approximate surface area is 195 Å². The van der Waals surface area contributed by atoms with E-state index in [0.29, 0.717) is 5.92 Å². The van der Waals surface area contributed by atoms with Gasteiger partial charge in [-0.2, -0.15) is 0 Å². The van der Waals surface area contributed by atoms with E-state index in [1.807, 2.05) is 36.4 Å². The molecule has 0 spiro atoms. The number of piperidine rings is 3. The minimum Gasteiger partial charge on any atom is -0.425 e. The molecule has 33 heavy (non-hydrogen) atoms. The van der Waals surface area contributed by atoms with Crippen LogP contribution in [0.2, 0.25) is 0 Å². The summed E-state index contributed by atoms with van der Waals surface area (Å²) in [6.07, 6.45) is 2.34. The Morgan fingerprint density at radius 1 is 0.788 bits per heavy atom. The number of hydrogen-bond donors (Lipinski definition) is 0. The average molecular weight is 441 g/mol. The number of carbonyl (C=O) groups is 1. The van der Waals surface area contributed by atoms with Gasteiger partial charge in [0.15, 0.2) is 12.2 Å². The van der Waals surface area contributed by atoms with Crippen molar-refractivity contribution in [3.8, 4) is 11.1 Å². The SMILES string of the molecule is O=C(OC1c2ccccc2-c2ccccc21)OC1C[N+]2(CCc3ccccc3)CCC1CC2. The number of rotatable bonds is 5. The molecule has 1 atom stereocenters. The van der Waals surface area contributed by atoms with Crippen LogP contribution in [0.3, 0.4) is 0 Å². The molecule has 1 unspecified atom stereocenters. The van der Waals surface area contributed by atoms with E-state index in [-0.39, 0.29) is 6.10 Å². The summed E-state index contributed by atoms with van der Waals surface area (Å²) < 4.78 is 13.0. The molecular weight excluding hydrogens is 410 g/mol. The lowest BCUT2D eigenvalue weighted by molar-refractivity contribution is -0.946. The third-order valence-electron chi connectivity index (χ3n) is 8.00. The van der Waals surface area contributed by atoms with Crippen molar-refractivity contribution in [1.29, 1.82) is 0 Å². The van der Waals surface area contributed by atoms with Crippen molar-refractivity contribution >= 4 is 6.16 Å². The molecule has 0 amide bonds. The van der Waals surface area contributed by atoms with Gasteiger partial charge in [-0.15, -0.1) is 0 Å². The zero-order valence-electron chi connectivity index (χ0n) is 18.9. The fourth-order valence-electron chi connectivity index (χ4n) is 6.16. The van der Waals surface area contributed by atoms with Crippen molar-refractivity contribution in [1.82, 2.24) is 0 Å². The second kappa shape index (κ2) is 8.35. The quantitative estimate of drug-likeness (QED) is 0.374. The number of benzene rings is 3. The van der Waals surface area contributed by atoms with Gasteiger partial charge in [-0.3, -0.25) is 0 Å². The van der Waals surface area contributed by atoms with Crippen LogP contribution in [-0.4, -0.2) is 42.9 Å². The molecule has 3 aromatic rings. The van der Waals surface area contributed by atoms with Gasteiger partial charge in [-0.25, -0.2) is 4.79 Å². The van der Waals surface area contributed by atoms with Gasteiger partial charge in [0.2, 0.25) is 0 Å². The highest BCUT2D eigenvalue weighted by Crippen LogP contribution is 2.45. The second-order valence-electron chi connectivity index (χ2n) is 9.85. The first-order valence-electron chi connectivity index (χ1n) is 12.2. The Hall–Kier alpha value is -3.11. The van der Waals surface area contributed by atoms with Crippen LogP contribution in [0.1, 0.15) is 35.6 Å². The van der Waals surface area contributed by atoms with Crippen LogP contribution in [0, 0.1) is 5.92 Å². The number of hydrogen-bond acceptors (Lipinski definition) is 3. The number of carbonyl (C=O) groups excluding carboxylic acids is 1. The number of nitrogens with zero attached hydrogens (tertiary/aromatic N) is 1. The Kier molecular flexibility index (Phi) is 5.18. The molecule has 3 aliphatic heterocycles. The molecule has 0 aromatic heterocycles. The Morgan fingerprint density at radius 3 is 2.06 bits per heavy atom. The lowest BCUT2D eigenvalue weighted by atomic mass is 9.83. The van der Waals surface area contributed by atoms with Crippen molar-refractivity contribution in [3.05, 3.63) is 95.6 Å². The molecule has 4 aliphatic rings. The van der Waals surface area contributed by atoms with E-state index in [9.17, 15) is 4.79 Å². The number of fused-ring (bicyclic) bond motifs is 6. The molecular formula is C29H30NO3+. The molecule has 2 bridgehead atoms. The van der Waals surface area contributed by atoms with E-state index in [1.165, 1.54) is 18.7 Å². The van der Waals surface area contributed by atoms with Gasteiger partial charge in [-0.1, -0.05) is 78.9 Å². The smallest absolute Gasteiger partial charge is 0.425 e. The molecule has 7 rings (SSSR count). The molecule has 3 saturated heterocycles. The van der Waals surface area contributed by atoms with E-state index in [2.05, 4.69) is 42.5 Å². The van der Waals surface area contributed by atoms with Crippen molar-refractivity contribution in [2.75, 3.05) is 26.2 Å². The average Bonchev–Trinajstić information content (AvgIpc) is 3.18. The first kappa shape index (κ1) is 20.5. The monoisotopic (exact) mass is 440 g/mol. The molecule has 1 aliphatic carbocycles. The molecule has 4 nitrogen and oxygen atoms in total. The topological polar surface area (TPSA) is 35.5 Å². The maximum Gasteiger partial charge on any atom is 0.509 e. The summed E-state index contributed by atoms with van der Waals surface area (Å²) >= 11 is 0. The standard InChI is InChI=1S/C29H30NO3/c31-29(33-28-25-12-6-4-10-23(25)24-11-5-7-13-26(24)28)32-27-20-30(18-15-22(27)16-19-30)17-14-21-8-2-1-3-9-21/h1-13,22,27-28H,14-20H2/q+1. The minimum atomic E-state index is -0.536. The van der Waals surface area contributed by atoms with Crippen LogP contribution < -0.4 is 0 Å². The predicted octanol–water partition coefficient (Wildman–Crippen LogP) is 5.76. The number of ether oxygens (including phenoxy) is 2. The summed E-state index contributed by atoms with van der Waals surface area (Å²) in [5.74, 6) is 0.456. The lowest BCUT2D eigenvalue weighted by Gasteiger charge is -2.52. The molecule has 3 fully saturated rings. The van der Waals surface area contributed by atoms with Crippen molar-refractivity contribution in [2.24, 2.45) is 5.92 Å². The Bertz CT molecular complexity index is 1100. The van der Waals surface area contributed by atoms with Gasteiger partial charge in [0.25, 0.3) is 0 Å². The van der Waals surface area contributed by atoms with E-state index in [0.717, 1.165) is 59.1 Å². The molecule has 0 radical (unpaired) electrons. The maximum absolute atomic E-state index is 13.0. The van der Waals surface area contributed by atoms with Crippen LogP contribution >= 0.6 is 0 Å². The highest BCUT2D eigenvalue weighted by molar-refractivity contribution is 5.79. The first-order chi connectivity index (χ1) is 16.2. The third-order valence-corrected chi connectivity index (χ3v) is 8.00. The first-order valence-corrected chi connectivity index (χ1v) is 12.2. The Balaban J connectivity index is 1.14. The third kappa shape index (κ3) is 3.83. The van der Waals surface area contributed by atoms with E-state index < -0.39 is 12.3 Å². The highest BCUT2D eigenvalue weighted by Gasteiger charge is 2.48. The van der Waals surface area contributed by atoms with Gasteiger partial charge < -0.3 is 14.0 Å². The molecule has 3 aromatic carbocycles. The molecule has 168 valence electrons. The molecule has 4 heteroatoms.